The summed E-state index contributed by atoms with van der Waals surface area (Å²) in [5.74, 6) is -0.648. The minimum absolute atomic E-state index is 0.235. The normalized spacial score (nSPS) is 9.83. The summed E-state index contributed by atoms with van der Waals surface area (Å²) in [6.07, 6.45) is 0.00662. The van der Waals surface area contributed by atoms with Crippen LogP contribution in [0.4, 0.5) is 4.79 Å². The number of carbonyl (C=O) groups is 2. The van der Waals surface area contributed by atoms with Gasteiger partial charge in [-0.2, -0.15) is 4.99 Å². The summed E-state index contributed by atoms with van der Waals surface area (Å²) in [5, 5.41) is 0. The Balaban J connectivity index is 3.73. The number of rotatable bonds is 3. The molecule has 5 nitrogen and oxygen atoms in total. The lowest BCUT2D eigenvalue weighted by atomic mass is 10.7. The van der Waals surface area contributed by atoms with E-state index >= 15 is 0 Å². The fraction of sp³-hybridized carbons (Fsp3) is 0.571. The molecule has 0 aromatic rings. The molecule has 0 fully saturated rings. The Morgan fingerprint density at radius 2 is 1.83 bits per heavy atom. The molecule has 0 rings (SSSR count). The zero-order valence-corrected chi connectivity index (χ0v) is 7.07. The van der Waals surface area contributed by atoms with Gasteiger partial charge in [-0.05, 0) is 13.8 Å². The first-order valence-electron chi connectivity index (χ1n) is 3.58. The topological polar surface area (TPSA) is 65.0 Å². The molecule has 0 aliphatic carbocycles. The highest BCUT2D eigenvalue weighted by molar-refractivity contribution is 6.24. The van der Waals surface area contributed by atoms with Crippen molar-refractivity contribution >= 4 is 18.3 Å². The van der Waals surface area contributed by atoms with Crippen molar-refractivity contribution in [1.82, 2.24) is 0 Å². The van der Waals surface area contributed by atoms with E-state index in [2.05, 4.69) is 14.5 Å². The molecule has 0 spiro atoms. The van der Waals surface area contributed by atoms with E-state index in [0.29, 0.717) is 0 Å². The molecule has 5 heteroatoms. The second kappa shape index (κ2) is 6.33. The zero-order chi connectivity index (χ0) is 9.40. The molecule has 0 aliphatic heterocycles. The number of esters is 1. The highest BCUT2D eigenvalue weighted by atomic mass is 16.5. The van der Waals surface area contributed by atoms with Crippen LogP contribution in [0.1, 0.15) is 13.8 Å². The first-order valence-corrected chi connectivity index (χ1v) is 3.58. The molecule has 0 unspecified atom stereocenters. The summed E-state index contributed by atoms with van der Waals surface area (Å²) in [5.41, 5.74) is 0. The maximum atomic E-state index is 10.6. The maximum absolute atomic E-state index is 10.6. The number of aliphatic imine (C=N–C) groups is 1. The monoisotopic (exact) mass is 173 g/mol. The van der Waals surface area contributed by atoms with Crippen molar-refractivity contribution in [2.24, 2.45) is 4.99 Å². The Bertz CT molecular complexity index is 168. The zero-order valence-electron chi connectivity index (χ0n) is 7.07. The fourth-order valence-electron chi connectivity index (χ4n) is 0.446. The van der Waals surface area contributed by atoms with Crippen LogP contribution >= 0.6 is 0 Å². The van der Waals surface area contributed by atoms with Crippen LogP contribution in [0, 0.1) is 0 Å². The van der Waals surface area contributed by atoms with Gasteiger partial charge in [-0.25, -0.2) is 9.59 Å². The molecule has 0 N–H and O–H groups in total. The second-order valence-electron chi connectivity index (χ2n) is 1.71. The Kier molecular flexibility index (Phi) is 5.60. The van der Waals surface area contributed by atoms with E-state index in [0.717, 1.165) is 6.21 Å². The lowest BCUT2D eigenvalue weighted by Gasteiger charge is -1.94. The SMILES string of the molecule is CCOC(=O)/C=N/C(=O)OCC. The van der Waals surface area contributed by atoms with Crippen LogP contribution < -0.4 is 0 Å². The molecule has 0 aromatic carbocycles. The summed E-state index contributed by atoms with van der Waals surface area (Å²) in [6, 6.07) is 0. The van der Waals surface area contributed by atoms with Crippen LogP contribution in [0.5, 0.6) is 0 Å². The minimum atomic E-state index is -0.787. The highest BCUT2D eigenvalue weighted by Crippen LogP contribution is 1.82. The number of carbonyl (C=O) groups excluding carboxylic acids is 2. The van der Waals surface area contributed by atoms with Crippen molar-refractivity contribution < 1.29 is 19.1 Å². The second-order valence-corrected chi connectivity index (χ2v) is 1.71. The summed E-state index contributed by atoms with van der Waals surface area (Å²) in [6.45, 7) is 3.81. The molecule has 0 aromatic heterocycles. The predicted octanol–water partition coefficient (Wildman–Crippen LogP) is 0.777. The number of ether oxygens (including phenoxy) is 2. The molecule has 1 amide bonds. The molecule has 0 saturated heterocycles. The number of hydrogen-bond donors (Lipinski definition) is 0. The first-order chi connectivity index (χ1) is 5.70. The van der Waals surface area contributed by atoms with E-state index in [9.17, 15) is 9.59 Å². The van der Waals surface area contributed by atoms with Crippen LogP contribution in [0.15, 0.2) is 4.99 Å². The largest absolute Gasteiger partial charge is 0.462 e. The minimum Gasteiger partial charge on any atom is -0.462 e. The number of hydrogen-bond acceptors (Lipinski definition) is 4. The third kappa shape index (κ3) is 5.40. The van der Waals surface area contributed by atoms with E-state index < -0.39 is 12.1 Å². The van der Waals surface area contributed by atoms with Gasteiger partial charge in [0.15, 0.2) is 0 Å². The van der Waals surface area contributed by atoms with Crippen molar-refractivity contribution in [1.29, 1.82) is 0 Å². The molecule has 0 atom stereocenters. The number of nitrogens with zero attached hydrogens (tertiary/aromatic N) is 1. The predicted molar refractivity (Wildman–Crippen MR) is 42.1 cm³/mol. The van der Waals surface area contributed by atoms with Gasteiger partial charge in [0, 0.05) is 0 Å². The maximum Gasteiger partial charge on any atom is 0.433 e. The van der Waals surface area contributed by atoms with Crippen LogP contribution in [-0.2, 0) is 14.3 Å². The van der Waals surface area contributed by atoms with Gasteiger partial charge >= 0.3 is 12.1 Å². The van der Waals surface area contributed by atoms with Gasteiger partial charge < -0.3 is 9.47 Å². The van der Waals surface area contributed by atoms with Crippen molar-refractivity contribution in [3.63, 3.8) is 0 Å². The molecule has 0 heterocycles. The quantitative estimate of drug-likeness (QED) is 0.467. The summed E-state index contributed by atoms with van der Waals surface area (Å²) >= 11 is 0. The van der Waals surface area contributed by atoms with Gasteiger partial charge in [0.25, 0.3) is 0 Å². The molecular formula is C7H11NO4. The Morgan fingerprint density at radius 3 is 2.33 bits per heavy atom. The van der Waals surface area contributed by atoms with Crippen LogP contribution in [-0.4, -0.2) is 31.5 Å². The molecule has 0 bridgehead atoms. The molecular weight excluding hydrogens is 162 g/mol. The van der Waals surface area contributed by atoms with E-state index in [1.165, 1.54) is 0 Å². The van der Waals surface area contributed by atoms with Gasteiger partial charge in [0.05, 0.1) is 13.2 Å². The third-order valence-electron chi connectivity index (χ3n) is 0.830. The standard InChI is InChI=1S/C7H11NO4/c1-3-11-6(9)5-8-7(10)12-4-2/h5H,3-4H2,1-2H3/b8-5+. The van der Waals surface area contributed by atoms with Crippen molar-refractivity contribution in [2.45, 2.75) is 13.8 Å². The lowest BCUT2D eigenvalue weighted by Crippen LogP contribution is -2.07. The summed E-state index contributed by atoms with van der Waals surface area (Å²) < 4.78 is 8.90. The summed E-state index contributed by atoms with van der Waals surface area (Å²) in [4.78, 5) is 24.3. The highest BCUT2D eigenvalue weighted by Gasteiger charge is 1.98. The van der Waals surface area contributed by atoms with Gasteiger partial charge in [0.2, 0.25) is 0 Å². The summed E-state index contributed by atoms with van der Waals surface area (Å²) in [7, 11) is 0. The first kappa shape index (κ1) is 10.6. The molecule has 68 valence electrons. The Labute approximate surface area is 70.4 Å². The molecule has 0 radical (unpaired) electrons. The van der Waals surface area contributed by atoms with E-state index in [4.69, 9.17) is 0 Å². The van der Waals surface area contributed by atoms with Crippen molar-refractivity contribution in [3.05, 3.63) is 0 Å². The average molecular weight is 173 g/mol. The molecule has 12 heavy (non-hydrogen) atoms. The van der Waals surface area contributed by atoms with E-state index in [1.807, 2.05) is 0 Å². The average Bonchev–Trinajstić information content (AvgIpc) is 2.02. The van der Waals surface area contributed by atoms with Crippen molar-refractivity contribution in [3.8, 4) is 0 Å². The van der Waals surface area contributed by atoms with E-state index in [-0.39, 0.29) is 13.2 Å². The van der Waals surface area contributed by atoms with Gasteiger partial charge in [-0.1, -0.05) is 0 Å². The van der Waals surface area contributed by atoms with Crippen molar-refractivity contribution in [2.75, 3.05) is 13.2 Å². The van der Waals surface area contributed by atoms with Crippen LogP contribution in [0.2, 0.25) is 0 Å². The van der Waals surface area contributed by atoms with Gasteiger partial charge in [-0.3, -0.25) is 0 Å². The van der Waals surface area contributed by atoms with Crippen LogP contribution in [0.25, 0.3) is 0 Å². The Hall–Kier alpha value is -1.39. The molecule has 0 saturated carbocycles. The molecule has 0 aliphatic rings. The number of amides is 1. The lowest BCUT2D eigenvalue weighted by molar-refractivity contribution is -0.134. The fourth-order valence-corrected chi connectivity index (χ4v) is 0.446. The van der Waals surface area contributed by atoms with Gasteiger partial charge in [-0.15, -0.1) is 0 Å². The van der Waals surface area contributed by atoms with Gasteiger partial charge in [0.1, 0.15) is 6.21 Å². The van der Waals surface area contributed by atoms with E-state index in [1.54, 1.807) is 13.8 Å². The Morgan fingerprint density at radius 1 is 1.25 bits per heavy atom. The third-order valence-corrected chi connectivity index (χ3v) is 0.830. The smallest absolute Gasteiger partial charge is 0.433 e. The van der Waals surface area contributed by atoms with Crippen LogP contribution in [0.3, 0.4) is 0 Å².